The number of nitrogens with zero attached hydrogens (tertiary/aromatic N) is 1. The summed E-state index contributed by atoms with van der Waals surface area (Å²) in [5.74, 6) is -0.126. The molecular formula is C21H23N3OS. The molecule has 5 heteroatoms. The molecule has 0 aliphatic heterocycles. The number of carbonyl (C=O) groups excluding carboxylic acids is 1. The fourth-order valence-corrected chi connectivity index (χ4v) is 3.39. The lowest BCUT2D eigenvalue weighted by molar-refractivity contribution is 0.0934. The van der Waals surface area contributed by atoms with E-state index in [0.29, 0.717) is 5.69 Å². The third-order valence-corrected chi connectivity index (χ3v) is 4.85. The average Bonchev–Trinajstić information content (AvgIpc) is 3.09. The molecule has 134 valence electrons. The molecule has 26 heavy (non-hydrogen) atoms. The van der Waals surface area contributed by atoms with Crippen molar-refractivity contribution in [3.8, 4) is 0 Å². The molecule has 3 aromatic rings. The summed E-state index contributed by atoms with van der Waals surface area (Å²) in [4.78, 5) is 16.8. The van der Waals surface area contributed by atoms with Crippen molar-refractivity contribution in [2.75, 3.05) is 5.32 Å². The molecule has 1 amide bonds. The molecule has 0 saturated carbocycles. The van der Waals surface area contributed by atoms with Crippen molar-refractivity contribution >= 4 is 28.1 Å². The van der Waals surface area contributed by atoms with Crippen LogP contribution in [0.1, 0.15) is 35.0 Å². The van der Waals surface area contributed by atoms with E-state index in [1.807, 2.05) is 56.3 Å². The Morgan fingerprint density at radius 3 is 2.73 bits per heavy atom. The Morgan fingerprint density at radius 2 is 1.96 bits per heavy atom. The minimum Gasteiger partial charge on any atom is -0.348 e. The van der Waals surface area contributed by atoms with Crippen molar-refractivity contribution in [3.05, 3.63) is 76.8 Å². The molecular weight excluding hydrogens is 342 g/mol. The van der Waals surface area contributed by atoms with Crippen molar-refractivity contribution in [1.82, 2.24) is 10.3 Å². The van der Waals surface area contributed by atoms with E-state index < -0.39 is 0 Å². The Bertz CT molecular complexity index is 860. The zero-order valence-corrected chi connectivity index (χ0v) is 15.8. The standard InChI is InChI=1S/C21H23N3OS/c1-15-7-6-10-18(13-15)23-21-24-19(14-26-21)20(25)22-16(2)11-12-17-8-4-3-5-9-17/h3-10,13-14,16H,11-12H2,1-2H3,(H,22,25)(H,23,24). The molecule has 0 bridgehead atoms. The topological polar surface area (TPSA) is 54.0 Å². The van der Waals surface area contributed by atoms with Gasteiger partial charge in [-0.15, -0.1) is 11.3 Å². The first-order valence-corrected chi connectivity index (χ1v) is 9.62. The second-order valence-corrected chi connectivity index (χ2v) is 7.29. The smallest absolute Gasteiger partial charge is 0.271 e. The Morgan fingerprint density at radius 1 is 1.15 bits per heavy atom. The lowest BCUT2D eigenvalue weighted by atomic mass is 10.1. The van der Waals surface area contributed by atoms with Crippen LogP contribution in [0.3, 0.4) is 0 Å². The number of anilines is 2. The number of aromatic nitrogens is 1. The number of aryl methyl sites for hydroxylation is 2. The largest absolute Gasteiger partial charge is 0.348 e. The summed E-state index contributed by atoms with van der Waals surface area (Å²) in [6.07, 6.45) is 1.84. The molecule has 0 saturated heterocycles. The van der Waals surface area contributed by atoms with Gasteiger partial charge in [-0.2, -0.15) is 0 Å². The van der Waals surface area contributed by atoms with Crippen molar-refractivity contribution in [2.45, 2.75) is 32.7 Å². The summed E-state index contributed by atoms with van der Waals surface area (Å²) in [5.41, 5.74) is 3.89. The van der Waals surface area contributed by atoms with Gasteiger partial charge in [0.1, 0.15) is 5.69 Å². The number of hydrogen-bond acceptors (Lipinski definition) is 4. The number of amides is 1. The lowest BCUT2D eigenvalue weighted by Crippen LogP contribution is -2.33. The fourth-order valence-electron chi connectivity index (χ4n) is 2.68. The van der Waals surface area contributed by atoms with E-state index in [1.165, 1.54) is 22.5 Å². The summed E-state index contributed by atoms with van der Waals surface area (Å²) in [5, 5.41) is 8.79. The summed E-state index contributed by atoms with van der Waals surface area (Å²) in [7, 11) is 0. The van der Waals surface area contributed by atoms with Gasteiger partial charge in [-0.25, -0.2) is 4.98 Å². The number of benzene rings is 2. The van der Waals surface area contributed by atoms with Crippen LogP contribution in [0.25, 0.3) is 0 Å². The third-order valence-electron chi connectivity index (χ3n) is 4.09. The first-order chi connectivity index (χ1) is 12.6. The third kappa shape index (κ3) is 5.17. The highest BCUT2D eigenvalue weighted by molar-refractivity contribution is 7.14. The molecule has 1 unspecified atom stereocenters. The van der Waals surface area contributed by atoms with Gasteiger partial charge >= 0.3 is 0 Å². The number of hydrogen-bond donors (Lipinski definition) is 2. The lowest BCUT2D eigenvalue weighted by Gasteiger charge is -2.12. The van der Waals surface area contributed by atoms with Crippen LogP contribution in [0.5, 0.6) is 0 Å². The maximum atomic E-state index is 12.4. The molecule has 0 spiro atoms. The predicted molar refractivity (Wildman–Crippen MR) is 108 cm³/mol. The molecule has 4 nitrogen and oxygen atoms in total. The summed E-state index contributed by atoms with van der Waals surface area (Å²) >= 11 is 1.43. The zero-order valence-electron chi connectivity index (χ0n) is 15.0. The first kappa shape index (κ1) is 18.1. The minimum absolute atomic E-state index is 0.0950. The van der Waals surface area contributed by atoms with Crippen LogP contribution in [-0.2, 0) is 6.42 Å². The van der Waals surface area contributed by atoms with Crippen LogP contribution < -0.4 is 10.6 Å². The van der Waals surface area contributed by atoms with E-state index in [-0.39, 0.29) is 11.9 Å². The van der Waals surface area contributed by atoms with Crippen LogP contribution in [0.15, 0.2) is 60.0 Å². The average molecular weight is 366 g/mol. The zero-order chi connectivity index (χ0) is 18.4. The molecule has 0 fully saturated rings. The molecule has 1 aromatic heterocycles. The second-order valence-electron chi connectivity index (χ2n) is 6.43. The number of nitrogens with one attached hydrogen (secondary N) is 2. The maximum absolute atomic E-state index is 12.4. The number of thiazole rings is 1. The Balaban J connectivity index is 1.52. The molecule has 2 aromatic carbocycles. The highest BCUT2D eigenvalue weighted by Gasteiger charge is 2.13. The SMILES string of the molecule is Cc1cccc(Nc2nc(C(=O)NC(C)CCc3ccccc3)cs2)c1. The van der Waals surface area contributed by atoms with Gasteiger partial charge < -0.3 is 10.6 Å². The van der Waals surface area contributed by atoms with Gasteiger partial charge in [-0.3, -0.25) is 4.79 Å². The van der Waals surface area contributed by atoms with Gasteiger partial charge in [0.2, 0.25) is 0 Å². The highest BCUT2D eigenvalue weighted by atomic mass is 32.1. The normalized spacial score (nSPS) is 11.8. The first-order valence-electron chi connectivity index (χ1n) is 8.74. The Hall–Kier alpha value is -2.66. The van der Waals surface area contributed by atoms with Crippen LogP contribution >= 0.6 is 11.3 Å². The van der Waals surface area contributed by atoms with E-state index in [0.717, 1.165) is 23.7 Å². The molecule has 1 atom stereocenters. The molecule has 2 N–H and O–H groups in total. The van der Waals surface area contributed by atoms with E-state index in [9.17, 15) is 4.79 Å². The van der Waals surface area contributed by atoms with Gasteiger partial charge in [0.15, 0.2) is 5.13 Å². The summed E-state index contributed by atoms with van der Waals surface area (Å²) < 4.78 is 0. The highest BCUT2D eigenvalue weighted by Crippen LogP contribution is 2.21. The Labute approximate surface area is 158 Å². The van der Waals surface area contributed by atoms with E-state index in [1.54, 1.807) is 5.38 Å². The fraction of sp³-hybridized carbons (Fsp3) is 0.238. The van der Waals surface area contributed by atoms with E-state index >= 15 is 0 Å². The van der Waals surface area contributed by atoms with Gasteiger partial charge in [0, 0.05) is 17.1 Å². The predicted octanol–water partition coefficient (Wildman–Crippen LogP) is 4.95. The Kier molecular flexibility index (Phi) is 6.02. The number of carbonyl (C=O) groups is 1. The molecule has 0 radical (unpaired) electrons. The van der Waals surface area contributed by atoms with Crippen molar-refractivity contribution in [3.63, 3.8) is 0 Å². The van der Waals surface area contributed by atoms with Gasteiger partial charge in [-0.1, -0.05) is 42.5 Å². The summed E-state index contributed by atoms with van der Waals surface area (Å²) in [6.45, 7) is 4.07. The number of rotatable bonds is 7. The van der Waals surface area contributed by atoms with E-state index in [4.69, 9.17) is 0 Å². The molecule has 1 heterocycles. The van der Waals surface area contributed by atoms with Crippen LogP contribution in [0.2, 0.25) is 0 Å². The van der Waals surface area contributed by atoms with Gasteiger partial charge in [0.25, 0.3) is 5.91 Å². The molecule has 3 rings (SSSR count). The van der Waals surface area contributed by atoms with Crippen LogP contribution in [-0.4, -0.2) is 16.9 Å². The van der Waals surface area contributed by atoms with E-state index in [2.05, 4.69) is 27.8 Å². The van der Waals surface area contributed by atoms with Crippen molar-refractivity contribution in [2.24, 2.45) is 0 Å². The monoisotopic (exact) mass is 365 g/mol. The molecule has 0 aliphatic carbocycles. The molecule has 0 aliphatic rings. The van der Waals surface area contributed by atoms with Gasteiger partial charge in [-0.05, 0) is 49.9 Å². The maximum Gasteiger partial charge on any atom is 0.271 e. The van der Waals surface area contributed by atoms with Crippen molar-refractivity contribution < 1.29 is 4.79 Å². The van der Waals surface area contributed by atoms with Crippen molar-refractivity contribution in [1.29, 1.82) is 0 Å². The minimum atomic E-state index is -0.126. The van der Waals surface area contributed by atoms with Crippen LogP contribution in [0.4, 0.5) is 10.8 Å². The van der Waals surface area contributed by atoms with Crippen LogP contribution in [0, 0.1) is 6.92 Å². The summed E-state index contributed by atoms with van der Waals surface area (Å²) in [6, 6.07) is 18.5. The van der Waals surface area contributed by atoms with Gasteiger partial charge in [0.05, 0.1) is 0 Å². The second kappa shape index (κ2) is 8.63. The quantitative estimate of drug-likeness (QED) is 0.623.